The summed E-state index contributed by atoms with van der Waals surface area (Å²) in [5.41, 5.74) is 5.32. The molecule has 12 nitrogen and oxygen atoms in total. The number of pyridine rings is 4. The summed E-state index contributed by atoms with van der Waals surface area (Å²) in [6.45, 7) is 1.94. The Morgan fingerprint density at radius 3 is 1.31 bits per heavy atom. The van der Waals surface area contributed by atoms with Crippen molar-refractivity contribution in [3.05, 3.63) is 95.5 Å². The van der Waals surface area contributed by atoms with Crippen molar-refractivity contribution < 1.29 is 36.9 Å². The molecule has 293 valence electrons. The van der Waals surface area contributed by atoms with Crippen LogP contribution in [-0.2, 0) is 26.7 Å². The number of hydrogen-bond donors (Lipinski definition) is 2. The molecule has 0 amide bonds. The van der Waals surface area contributed by atoms with E-state index in [0.717, 1.165) is 59.6 Å². The van der Waals surface area contributed by atoms with Crippen molar-refractivity contribution >= 4 is 58.1 Å². The van der Waals surface area contributed by atoms with Gasteiger partial charge in [-0.15, -0.1) is 0 Å². The topological polar surface area (TPSA) is 165 Å². The molecule has 55 heavy (non-hydrogen) atoms. The number of carboxylic acid groups (broad SMARTS) is 2. The molecule has 2 saturated carbocycles. The molecule has 6 aromatic rings. The first-order valence-corrected chi connectivity index (χ1v) is 18.9. The van der Waals surface area contributed by atoms with Gasteiger partial charge in [0.05, 0.1) is 21.4 Å². The molecular formula is C40H44Cl2CuN8O4. The standard InChI is InChI=1S/2C18H19ClN4.2C2H4O2.Cu/c2*19-13-9-10-15(20-12-13)17-18(21-14-6-2-1-3-7-14)23-11-5-4-8-16(23)22-17;2*1-2(3)4;/h2*4-5,8-12,14,21H,1-3,6-7H2;2*1H3,(H,3,4);/q;;;;+2/p-2. The van der Waals surface area contributed by atoms with Crippen LogP contribution in [0.15, 0.2) is 85.5 Å². The molecule has 0 spiro atoms. The van der Waals surface area contributed by atoms with E-state index in [9.17, 15) is 0 Å². The molecule has 0 atom stereocenters. The van der Waals surface area contributed by atoms with Crippen LogP contribution >= 0.6 is 23.2 Å². The SMILES string of the molecule is CC(=O)[O-].CC(=O)[O-].Clc1ccc(-c2nc3ccccn3c2NC2CCCCC2)nc1.Clc1ccc(-c2nc3ccccn3c2NC2CCCCC2)nc1.[Cu+2]. The molecular weight excluding hydrogens is 791 g/mol. The number of nitrogens with zero attached hydrogens (tertiary/aromatic N) is 6. The minimum Gasteiger partial charge on any atom is -0.550 e. The molecule has 2 N–H and O–H groups in total. The second kappa shape index (κ2) is 21.4. The van der Waals surface area contributed by atoms with E-state index in [1.807, 2.05) is 73.1 Å². The average molecular weight is 835 g/mol. The Bertz CT molecular complexity index is 1950. The van der Waals surface area contributed by atoms with Gasteiger partial charge in [-0.2, -0.15) is 0 Å². The molecule has 8 rings (SSSR count). The molecule has 15 heteroatoms. The maximum absolute atomic E-state index is 8.89. The second-order valence-electron chi connectivity index (χ2n) is 13.1. The summed E-state index contributed by atoms with van der Waals surface area (Å²) in [7, 11) is 0. The zero-order valence-corrected chi connectivity index (χ0v) is 33.1. The third-order valence-corrected chi connectivity index (χ3v) is 9.34. The maximum Gasteiger partial charge on any atom is 2.00 e. The van der Waals surface area contributed by atoms with E-state index in [2.05, 4.69) is 29.4 Å². The average Bonchev–Trinajstić information content (AvgIpc) is 3.71. The van der Waals surface area contributed by atoms with Crippen molar-refractivity contribution in [2.45, 2.75) is 90.1 Å². The molecule has 1 radical (unpaired) electrons. The van der Waals surface area contributed by atoms with Crippen LogP contribution in [0.4, 0.5) is 11.6 Å². The number of carbonyl (C=O) groups is 2. The second-order valence-corrected chi connectivity index (χ2v) is 14.0. The molecule has 0 aromatic carbocycles. The van der Waals surface area contributed by atoms with Gasteiger partial charge in [-0.1, -0.05) is 73.9 Å². The zero-order valence-electron chi connectivity index (χ0n) is 30.7. The Morgan fingerprint density at radius 1 is 0.618 bits per heavy atom. The number of imidazole rings is 2. The fourth-order valence-electron chi connectivity index (χ4n) is 6.54. The predicted octanol–water partition coefficient (Wildman–Crippen LogP) is 7.10. The van der Waals surface area contributed by atoms with Crippen molar-refractivity contribution in [2.75, 3.05) is 10.6 Å². The van der Waals surface area contributed by atoms with Crippen molar-refractivity contribution in [1.29, 1.82) is 0 Å². The van der Waals surface area contributed by atoms with Gasteiger partial charge < -0.3 is 30.4 Å². The first kappa shape index (κ1) is 43.1. The number of anilines is 2. The number of carbonyl (C=O) groups excluding carboxylic acids is 2. The van der Waals surface area contributed by atoms with E-state index < -0.39 is 11.9 Å². The summed E-state index contributed by atoms with van der Waals surface area (Å²) in [5.74, 6) is -0.107. The Morgan fingerprint density at radius 2 is 0.982 bits per heavy atom. The predicted molar refractivity (Wildman–Crippen MR) is 209 cm³/mol. The molecule has 2 fully saturated rings. The van der Waals surface area contributed by atoms with Gasteiger partial charge in [-0.25, -0.2) is 9.97 Å². The van der Waals surface area contributed by atoms with Gasteiger partial charge >= 0.3 is 17.1 Å². The molecule has 2 aliphatic carbocycles. The third kappa shape index (κ3) is 12.7. The van der Waals surface area contributed by atoms with E-state index in [-0.39, 0.29) is 17.1 Å². The van der Waals surface area contributed by atoms with E-state index in [0.29, 0.717) is 22.1 Å². The minimum absolute atomic E-state index is 0. The number of fused-ring (bicyclic) bond motifs is 2. The number of carboxylic acids is 2. The van der Waals surface area contributed by atoms with Crippen molar-refractivity contribution in [1.82, 2.24) is 28.7 Å². The molecule has 0 unspecified atom stereocenters. The normalized spacial score (nSPS) is 14.2. The fourth-order valence-corrected chi connectivity index (χ4v) is 6.76. The monoisotopic (exact) mass is 833 g/mol. The zero-order chi connectivity index (χ0) is 38.5. The smallest absolute Gasteiger partial charge is 0.550 e. The number of halogens is 2. The Kier molecular flexibility index (Phi) is 16.8. The van der Waals surface area contributed by atoms with Crippen LogP contribution in [0, 0.1) is 0 Å². The molecule has 0 bridgehead atoms. The minimum atomic E-state index is -1.08. The number of rotatable bonds is 6. The molecule has 0 aliphatic heterocycles. The van der Waals surface area contributed by atoms with Crippen LogP contribution < -0.4 is 20.8 Å². The fraction of sp³-hybridized carbons (Fsp3) is 0.350. The van der Waals surface area contributed by atoms with Crippen LogP contribution in [0.2, 0.25) is 10.0 Å². The summed E-state index contributed by atoms with van der Waals surface area (Å²) in [5, 5.41) is 26.5. The number of aromatic nitrogens is 6. The van der Waals surface area contributed by atoms with Crippen LogP contribution in [0.1, 0.15) is 78.1 Å². The summed E-state index contributed by atoms with van der Waals surface area (Å²) in [6.07, 6.45) is 20.2. The van der Waals surface area contributed by atoms with E-state index in [1.165, 1.54) is 64.2 Å². The van der Waals surface area contributed by atoms with Crippen LogP contribution in [0.25, 0.3) is 34.1 Å². The third-order valence-electron chi connectivity index (χ3n) is 8.89. The summed E-state index contributed by atoms with van der Waals surface area (Å²) >= 11 is 11.9. The molecule has 2 aliphatic rings. The van der Waals surface area contributed by atoms with Crippen molar-refractivity contribution in [3.63, 3.8) is 0 Å². The Hall–Kier alpha value is -4.68. The maximum atomic E-state index is 8.89. The first-order valence-electron chi connectivity index (χ1n) is 18.1. The van der Waals surface area contributed by atoms with E-state index in [1.54, 1.807) is 12.4 Å². The number of aliphatic carboxylic acids is 2. The largest absolute Gasteiger partial charge is 2.00 e. The summed E-state index contributed by atoms with van der Waals surface area (Å²) in [6, 6.07) is 20.7. The number of hydrogen-bond acceptors (Lipinski definition) is 10. The Labute approximate surface area is 341 Å². The van der Waals surface area contributed by atoms with Crippen molar-refractivity contribution in [2.24, 2.45) is 0 Å². The molecule has 6 heterocycles. The van der Waals surface area contributed by atoms with Gasteiger partial charge in [0.15, 0.2) is 0 Å². The first-order chi connectivity index (χ1) is 26.1. The van der Waals surface area contributed by atoms with Crippen molar-refractivity contribution in [3.8, 4) is 22.8 Å². The van der Waals surface area contributed by atoms with Gasteiger partial charge in [0.25, 0.3) is 0 Å². The van der Waals surface area contributed by atoms with E-state index in [4.69, 9.17) is 53.0 Å². The quantitative estimate of drug-likeness (QED) is 0.166. The van der Waals surface area contributed by atoms with Gasteiger partial charge in [0.2, 0.25) is 0 Å². The van der Waals surface area contributed by atoms with Gasteiger partial charge in [0, 0.05) is 48.8 Å². The summed E-state index contributed by atoms with van der Waals surface area (Å²) < 4.78 is 4.22. The van der Waals surface area contributed by atoms with Crippen LogP contribution in [0.3, 0.4) is 0 Å². The molecule has 0 saturated heterocycles. The Balaban J connectivity index is 0.000000202. The van der Waals surface area contributed by atoms with Crippen LogP contribution in [0.5, 0.6) is 0 Å². The van der Waals surface area contributed by atoms with Gasteiger partial charge in [-0.05, 0) is 88.1 Å². The van der Waals surface area contributed by atoms with Crippen LogP contribution in [-0.4, -0.2) is 52.8 Å². The van der Waals surface area contributed by atoms with E-state index >= 15 is 0 Å². The van der Waals surface area contributed by atoms with Gasteiger partial charge in [0.1, 0.15) is 34.3 Å². The summed E-state index contributed by atoms with van der Waals surface area (Å²) in [4.78, 5) is 36.2. The number of nitrogens with one attached hydrogen (secondary N) is 2. The molecule has 6 aromatic heterocycles. The van der Waals surface area contributed by atoms with Gasteiger partial charge in [-0.3, -0.25) is 18.8 Å².